The van der Waals surface area contributed by atoms with Gasteiger partial charge in [0, 0.05) is 0 Å². The second kappa shape index (κ2) is 4.93. The molecule has 0 bridgehead atoms. The van der Waals surface area contributed by atoms with E-state index in [0.717, 1.165) is 17.6 Å². The van der Waals surface area contributed by atoms with Crippen LogP contribution in [0, 0.1) is 6.92 Å². The van der Waals surface area contributed by atoms with Crippen molar-refractivity contribution >= 4 is 10.9 Å². The number of nitrogens with zero attached hydrogens (tertiary/aromatic N) is 2. The van der Waals surface area contributed by atoms with Gasteiger partial charge in [-0.05, 0) is 43.2 Å². The van der Waals surface area contributed by atoms with Gasteiger partial charge in [0.1, 0.15) is 5.82 Å². The number of rotatable bonds is 2. The molecular weight excluding hydrogens is 248 g/mol. The molecule has 0 aliphatic rings. The number of benzene rings is 2. The molecule has 20 heavy (non-hydrogen) atoms. The third-order valence-electron chi connectivity index (χ3n) is 3.55. The van der Waals surface area contributed by atoms with Gasteiger partial charge in [0.05, 0.1) is 16.6 Å². The molecule has 0 aliphatic heterocycles. The van der Waals surface area contributed by atoms with Crippen molar-refractivity contribution in [3.63, 3.8) is 0 Å². The maximum atomic E-state index is 12.6. The lowest BCUT2D eigenvalue weighted by Crippen LogP contribution is -2.22. The summed E-state index contributed by atoms with van der Waals surface area (Å²) in [6.07, 6.45) is 0.990. The fourth-order valence-electron chi connectivity index (χ4n) is 2.43. The largest absolute Gasteiger partial charge is 0.268 e. The fourth-order valence-corrected chi connectivity index (χ4v) is 2.43. The molecule has 1 heterocycles. The Morgan fingerprint density at radius 1 is 1.05 bits per heavy atom. The number of para-hydroxylation sites is 1. The van der Waals surface area contributed by atoms with Crippen LogP contribution in [0.5, 0.6) is 0 Å². The quantitative estimate of drug-likeness (QED) is 0.712. The summed E-state index contributed by atoms with van der Waals surface area (Å²) < 4.78 is 1.67. The summed E-state index contributed by atoms with van der Waals surface area (Å²) in [7, 11) is 0. The van der Waals surface area contributed by atoms with E-state index < -0.39 is 0 Å². The lowest BCUT2D eigenvalue weighted by Gasteiger charge is -2.11. The van der Waals surface area contributed by atoms with Crippen LogP contribution in [-0.2, 0) is 6.42 Å². The average Bonchev–Trinajstić information content (AvgIpc) is 2.48. The smallest absolute Gasteiger partial charge is 0.265 e. The molecule has 0 aliphatic carbocycles. The lowest BCUT2D eigenvalue weighted by atomic mass is 10.1. The van der Waals surface area contributed by atoms with Crippen molar-refractivity contribution in [2.24, 2.45) is 0 Å². The minimum absolute atomic E-state index is 0.0163. The zero-order chi connectivity index (χ0) is 14.1. The van der Waals surface area contributed by atoms with E-state index in [9.17, 15) is 4.79 Å². The van der Waals surface area contributed by atoms with Crippen LogP contribution >= 0.6 is 0 Å². The maximum absolute atomic E-state index is 12.6. The zero-order valence-electron chi connectivity index (χ0n) is 11.6. The first-order chi connectivity index (χ1) is 9.70. The molecule has 3 aromatic rings. The molecule has 0 radical (unpaired) electrons. The number of aromatic nitrogens is 2. The fraction of sp³-hybridized carbons (Fsp3) is 0.176. The monoisotopic (exact) mass is 264 g/mol. The summed E-state index contributed by atoms with van der Waals surface area (Å²) >= 11 is 0. The van der Waals surface area contributed by atoms with E-state index in [1.807, 2.05) is 43.3 Å². The van der Waals surface area contributed by atoms with Crippen molar-refractivity contribution in [2.45, 2.75) is 20.3 Å². The van der Waals surface area contributed by atoms with Crippen LogP contribution in [0.4, 0.5) is 0 Å². The van der Waals surface area contributed by atoms with Gasteiger partial charge in [0.15, 0.2) is 0 Å². The second-order valence-corrected chi connectivity index (χ2v) is 4.84. The summed E-state index contributed by atoms with van der Waals surface area (Å²) in [4.78, 5) is 17.1. The highest BCUT2D eigenvalue weighted by Crippen LogP contribution is 2.13. The van der Waals surface area contributed by atoms with Crippen molar-refractivity contribution in [1.82, 2.24) is 9.55 Å². The first kappa shape index (κ1) is 12.6. The van der Waals surface area contributed by atoms with E-state index in [1.54, 1.807) is 4.57 Å². The summed E-state index contributed by atoms with van der Waals surface area (Å²) in [6, 6.07) is 15.5. The SMILES string of the molecule is CCc1ccc(-n2c(C)nc3ccccc3c2=O)cc1. The molecular formula is C17H16N2O. The summed E-state index contributed by atoms with van der Waals surface area (Å²) in [5.41, 5.74) is 2.85. The van der Waals surface area contributed by atoms with Gasteiger partial charge < -0.3 is 0 Å². The van der Waals surface area contributed by atoms with Crippen molar-refractivity contribution in [3.8, 4) is 5.69 Å². The highest BCUT2D eigenvalue weighted by Gasteiger charge is 2.09. The molecule has 3 heteroatoms. The predicted molar refractivity (Wildman–Crippen MR) is 81.5 cm³/mol. The van der Waals surface area contributed by atoms with Crippen LogP contribution in [-0.4, -0.2) is 9.55 Å². The third kappa shape index (κ3) is 2.01. The third-order valence-corrected chi connectivity index (χ3v) is 3.55. The van der Waals surface area contributed by atoms with Gasteiger partial charge in [0.2, 0.25) is 0 Å². The molecule has 0 atom stereocenters. The van der Waals surface area contributed by atoms with Gasteiger partial charge >= 0.3 is 0 Å². The topological polar surface area (TPSA) is 34.9 Å². The number of hydrogen-bond acceptors (Lipinski definition) is 2. The zero-order valence-corrected chi connectivity index (χ0v) is 11.6. The standard InChI is InChI=1S/C17H16N2O/c1-3-13-8-10-14(11-9-13)19-12(2)18-16-7-5-4-6-15(16)17(19)20/h4-11H,3H2,1-2H3. The Kier molecular flexibility index (Phi) is 3.11. The highest BCUT2D eigenvalue weighted by atomic mass is 16.1. The molecule has 1 aromatic heterocycles. The molecule has 3 nitrogen and oxygen atoms in total. The molecule has 100 valence electrons. The molecule has 0 N–H and O–H groups in total. The van der Waals surface area contributed by atoms with E-state index in [1.165, 1.54) is 5.56 Å². The Hall–Kier alpha value is -2.42. The number of aryl methyl sites for hydroxylation is 2. The molecule has 0 unspecified atom stereocenters. The van der Waals surface area contributed by atoms with Crippen LogP contribution in [0.3, 0.4) is 0 Å². The van der Waals surface area contributed by atoms with Crippen molar-refractivity contribution in [3.05, 3.63) is 70.3 Å². The first-order valence-corrected chi connectivity index (χ1v) is 6.78. The van der Waals surface area contributed by atoms with Gasteiger partial charge in [-0.15, -0.1) is 0 Å². The second-order valence-electron chi connectivity index (χ2n) is 4.84. The summed E-state index contributed by atoms with van der Waals surface area (Å²) in [5, 5.41) is 0.651. The Morgan fingerprint density at radius 3 is 2.45 bits per heavy atom. The normalized spacial score (nSPS) is 10.9. The Balaban J connectivity index is 2.27. The van der Waals surface area contributed by atoms with Crippen LogP contribution in [0.25, 0.3) is 16.6 Å². The van der Waals surface area contributed by atoms with E-state index >= 15 is 0 Å². The molecule has 0 saturated carbocycles. The van der Waals surface area contributed by atoms with Crippen LogP contribution in [0.15, 0.2) is 53.3 Å². The molecule has 0 fully saturated rings. The Bertz CT molecular complexity index is 817. The maximum Gasteiger partial charge on any atom is 0.265 e. The molecule has 0 amide bonds. The molecule has 3 rings (SSSR count). The molecule has 0 spiro atoms. The minimum atomic E-state index is -0.0163. The van der Waals surface area contributed by atoms with E-state index in [-0.39, 0.29) is 5.56 Å². The van der Waals surface area contributed by atoms with Crippen LogP contribution < -0.4 is 5.56 Å². The lowest BCUT2D eigenvalue weighted by molar-refractivity contribution is 0.893. The molecule has 2 aromatic carbocycles. The predicted octanol–water partition coefficient (Wildman–Crippen LogP) is 3.26. The first-order valence-electron chi connectivity index (χ1n) is 6.78. The van der Waals surface area contributed by atoms with Crippen molar-refractivity contribution < 1.29 is 0 Å². The van der Waals surface area contributed by atoms with Gasteiger partial charge in [-0.3, -0.25) is 9.36 Å². The van der Waals surface area contributed by atoms with E-state index in [2.05, 4.69) is 24.0 Å². The Morgan fingerprint density at radius 2 is 1.75 bits per heavy atom. The number of hydrogen-bond donors (Lipinski definition) is 0. The van der Waals surface area contributed by atoms with Gasteiger partial charge in [-0.2, -0.15) is 0 Å². The van der Waals surface area contributed by atoms with E-state index in [0.29, 0.717) is 11.2 Å². The van der Waals surface area contributed by atoms with Crippen LogP contribution in [0.2, 0.25) is 0 Å². The molecule has 0 saturated heterocycles. The average molecular weight is 264 g/mol. The van der Waals surface area contributed by atoms with E-state index in [4.69, 9.17) is 0 Å². The summed E-state index contributed by atoms with van der Waals surface area (Å²) in [5.74, 6) is 0.706. The summed E-state index contributed by atoms with van der Waals surface area (Å²) in [6.45, 7) is 3.98. The van der Waals surface area contributed by atoms with Crippen molar-refractivity contribution in [1.29, 1.82) is 0 Å². The van der Waals surface area contributed by atoms with Gasteiger partial charge in [-0.1, -0.05) is 31.2 Å². The van der Waals surface area contributed by atoms with Gasteiger partial charge in [-0.25, -0.2) is 4.98 Å². The van der Waals surface area contributed by atoms with Crippen molar-refractivity contribution in [2.75, 3.05) is 0 Å². The van der Waals surface area contributed by atoms with Crippen LogP contribution in [0.1, 0.15) is 18.3 Å². The Labute approximate surface area is 117 Å². The number of fused-ring (bicyclic) bond motifs is 1. The minimum Gasteiger partial charge on any atom is -0.268 e. The van der Waals surface area contributed by atoms with Gasteiger partial charge in [0.25, 0.3) is 5.56 Å². The highest BCUT2D eigenvalue weighted by molar-refractivity contribution is 5.77.